The predicted octanol–water partition coefficient (Wildman–Crippen LogP) is 3.17. The average molecular weight is 288 g/mol. The molecule has 0 aliphatic heterocycles. The smallest absolute Gasteiger partial charge is 0.316 e. The predicted molar refractivity (Wildman–Crippen MR) is 72.0 cm³/mol. The number of halogens is 1. The lowest BCUT2D eigenvalue weighted by molar-refractivity contribution is -0.139. The summed E-state index contributed by atoms with van der Waals surface area (Å²) in [7, 11) is 0. The highest BCUT2D eigenvalue weighted by Gasteiger charge is 2.07. The number of thiazole rings is 1. The van der Waals surface area contributed by atoms with Crippen molar-refractivity contribution in [1.29, 1.82) is 0 Å². The Morgan fingerprint density at radius 2 is 2.29 bits per heavy atom. The zero-order chi connectivity index (χ0) is 12.1. The van der Waals surface area contributed by atoms with Crippen LogP contribution in [0.3, 0.4) is 0 Å². The number of hydrogen-bond donors (Lipinski definition) is 0. The quantitative estimate of drug-likeness (QED) is 0.481. The van der Waals surface area contributed by atoms with Gasteiger partial charge in [0.25, 0.3) is 0 Å². The molecule has 2 rings (SSSR count). The van der Waals surface area contributed by atoms with E-state index in [1.165, 1.54) is 11.8 Å². The van der Waals surface area contributed by atoms with Crippen molar-refractivity contribution in [3.8, 4) is 0 Å². The van der Waals surface area contributed by atoms with Gasteiger partial charge in [0.1, 0.15) is 6.61 Å². The third-order valence-electron chi connectivity index (χ3n) is 1.93. The molecule has 0 saturated carbocycles. The number of ether oxygens (including phenoxy) is 1. The first-order valence-electron chi connectivity index (χ1n) is 4.99. The van der Waals surface area contributed by atoms with E-state index in [2.05, 4.69) is 4.98 Å². The highest BCUT2D eigenvalue weighted by molar-refractivity contribution is 8.01. The SMILES string of the molecule is O=C(CSc1nc2ccccc2s1)OCCCl. The number of esters is 1. The van der Waals surface area contributed by atoms with Gasteiger partial charge in [0.2, 0.25) is 0 Å². The minimum Gasteiger partial charge on any atom is -0.464 e. The van der Waals surface area contributed by atoms with Crippen molar-refractivity contribution >= 4 is 50.9 Å². The molecule has 0 amide bonds. The van der Waals surface area contributed by atoms with E-state index in [-0.39, 0.29) is 18.3 Å². The van der Waals surface area contributed by atoms with Crippen LogP contribution in [0, 0.1) is 0 Å². The van der Waals surface area contributed by atoms with Crippen molar-refractivity contribution in [2.75, 3.05) is 18.2 Å². The largest absolute Gasteiger partial charge is 0.464 e. The number of rotatable bonds is 5. The summed E-state index contributed by atoms with van der Waals surface area (Å²) in [4.78, 5) is 15.7. The van der Waals surface area contributed by atoms with Crippen molar-refractivity contribution in [3.63, 3.8) is 0 Å². The first kappa shape index (κ1) is 12.7. The maximum absolute atomic E-state index is 11.3. The van der Waals surface area contributed by atoms with Crippen molar-refractivity contribution in [2.45, 2.75) is 4.34 Å². The molecule has 90 valence electrons. The summed E-state index contributed by atoms with van der Waals surface area (Å²) in [6.07, 6.45) is 0. The second-order valence-electron chi connectivity index (χ2n) is 3.15. The topological polar surface area (TPSA) is 39.2 Å². The maximum atomic E-state index is 11.3. The molecule has 1 aromatic carbocycles. The van der Waals surface area contributed by atoms with Crippen LogP contribution in [-0.4, -0.2) is 29.2 Å². The molecule has 0 radical (unpaired) electrons. The Kier molecular flexibility index (Phi) is 4.65. The third-order valence-corrected chi connectivity index (χ3v) is 4.24. The lowest BCUT2D eigenvalue weighted by Crippen LogP contribution is -2.08. The Morgan fingerprint density at radius 1 is 1.47 bits per heavy atom. The highest BCUT2D eigenvalue weighted by atomic mass is 35.5. The minimum absolute atomic E-state index is 0.255. The van der Waals surface area contributed by atoms with Crippen LogP contribution in [0.4, 0.5) is 0 Å². The molecular weight excluding hydrogens is 278 g/mol. The molecule has 1 aromatic heterocycles. The van der Waals surface area contributed by atoms with Crippen molar-refractivity contribution in [3.05, 3.63) is 24.3 Å². The van der Waals surface area contributed by atoms with Crippen LogP contribution >= 0.6 is 34.7 Å². The second kappa shape index (κ2) is 6.23. The lowest BCUT2D eigenvalue weighted by Gasteiger charge is -1.99. The molecule has 0 unspecified atom stereocenters. The minimum atomic E-state index is -0.255. The van der Waals surface area contributed by atoms with E-state index in [0.717, 1.165) is 14.6 Å². The fraction of sp³-hybridized carbons (Fsp3) is 0.273. The molecule has 0 bridgehead atoms. The number of alkyl halides is 1. The molecule has 1 heterocycles. The van der Waals surface area contributed by atoms with Gasteiger partial charge in [-0.1, -0.05) is 23.9 Å². The number of nitrogens with zero attached hydrogens (tertiary/aromatic N) is 1. The van der Waals surface area contributed by atoms with Gasteiger partial charge in [-0.05, 0) is 12.1 Å². The zero-order valence-corrected chi connectivity index (χ0v) is 11.3. The van der Waals surface area contributed by atoms with Crippen LogP contribution in [-0.2, 0) is 9.53 Å². The number of thioether (sulfide) groups is 1. The molecular formula is C11H10ClNO2S2. The van der Waals surface area contributed by atoms with Crippen LogP contribution in [0.2, 0.25) is 0 Å². The number of carbonyl (C=O) groups excluding carboxylic acids is 1. The average Bonchev–Trinajstić information content (AvgIpc) is 2.76. The summed E-state index contributed by atoms with van der Waals surface area (Å²) in [6.45, 7) is 0.265. The van der Waals surface area contributed by atoms with Gasteiger partial charge in [0.05, 0.1) is 21.8 Å². The van der Waals surface area contributed by atoms with Crippen LogP contribution in [0.15, 0.2) is 28.6 Å². The van der Waals surface area contributed by atoms with Gasteiger partial charge in [-0.25, -0.2) is 4.98 Å². The van der Waals surface area contributed by atoms with Crippen LogP contribution in [0.1, 0.15) is 0 Å². The van der Waals surface area contributed by atoms with Gasteiger partial charge in [-0.3, -0.25) is 4.79 Å². The van der Waals surface area contributed by atoms with Crippen LogP contribution < -0.4 is 0 Å². The molecule has 0 saturated heterocycles. The van der Waals surface area contributed by atoms with Crippen molar-refractivity contribution in [2.24, 2.45) is 0 Å². The van der Waals surface area contributed by atoms with Gasteiger partial charge in [-0.2, -0.15) is 0 Å². The maximum Gasteiger partial charge on any atom is 0.316 e. The number of benzene rings is 1. The molecule has 0 aliphatic carbocycles. The van der Waals surface area contributed by atoms with Crippen molar-refractivity contribution in [1.82, 2.24) is 4.98 Å². The second-order valence-corrected chi connectivity index (χ2v) is 5.78. The normalized spacial score (nSPS) is 10.6. The van der Waals surface area contributed by atoms with E-state index in [0.29, 0.717) is 5.88 Å². The number of fused-ring (bicyclic) bond motifs is 1. The first-order valence-corrected chi connectivity index (χ1v) is 7.33. The number of hydrogen-bond acceptors (Lipinski definition) is 5. The summed E-state index contributed by atoms with van der Waals surface area (Å²) < 4.78 is 6.88. The Labute approximate surface area is 112 Å². The Hall–Kier alpha value is -0.780. The number of para-hydroxylation sites is 1. The molecule has 6 heteroatoms. The van der Waals surface area contributed by atoms with E-state index in [1.807, 2.05) is 24.3 Å². The van der Waals surface area contributed by atoms with Gasteiger partial charge in [0.15, 0.2) is 4.34 Å². The van der Waals surface area contributed by atoms with E-state index < -0.39 is 0 Å². The molecule has 0 fully saturated rings. The molecule has 0 spiro atoms. The van der Waals surface area contributed by atoms with Gasteiger partial charge < -0.3 is 4.74 Å². The van der Waals surface area contributed by atoms with Gasteiger partial charge in [0, 0.05) is 0 Å². The molecule has 0 N–H and O–H groups in total. The number of carbonyl (C=O) groups is 1. The van der Waals surface area contributed by atoms with Gasteiger partial charge >= 0.3 is 5.97 Å². The molecule has 2 aromatic rings. The van der Waals surface area contributed by atoms with Crippen LogP contribution in [0.25, 0.3) is 10.2 Å². The molecule has 0 aliphatic rings. The lowest BCUT2D eigenvalue weighted by atomic mass is 10.3. The van der Waals surface area contributed by atoms with E-state index >= 15 is 0 Å². The molecule has 17 heavy (non-hydrogen) atoms. The summed E-state index contributed by atoms with van der Waals surface area (Å²) in [5, 5.41) is 0. The van der Waals surface area contributed by atoms with Gasteiger partial charge in [-0.15, -0.1) is 22.9 Å². The molecule has 3 nitrogen and oxygen atoms in total. The third kappa shape index (κ3) is 3.59. The number of aromatic nitrogens is 1. The monoisotopic (exact) mass is 287 g/mol. The zero-order valence-electron chi connectivity index (χ0n) is 8.89. The first-order chi connectivity index (χ1) is 8.29. The fourth-order valence-corrected chi connectivity index (χ4v) is 3.17. The Morgan fingerprint density at radius 3 is 3.06 bits per heavy atom. The fourth-order valence-electron chi connectivity index (χ4n) is 1.23. The summed E-state index contributed by atoms with van der Waals surface area (Å²) >= 11 is 8.40. The summed E-state index contributed by atoms with van der Waals surface area (Å²) in [6, 6.07) is 7.90. The standard InChI is InChI=1S/C11H10ClNO2S2/c12-5-6-15-10(14)7-16-11-13-8-3-1-2-4-9(8)17-11/h1-4H,5-7H2. The van der Waals surface area contributed by atoms with E-state index in [1.54, 1.807) is 11.3 Å². The summed E-state index contributed by atoms with van der Waals surface area (Å²) in [5.74, 6) is 0.351. The van der Waals surface area contributed by atoms with Crippen molar-refractivity contribution < 1.29 is 9.53 Å². The Bertz CT molecular complexity index is 482. The summed E-state index contributed by atoms with van der Waals surface area (Å²) in [5.41, 5.74) is 0.967. The highest BCUT2D eigenvalue weighted by Crippen LogP contribution is 2.29. The molecule has 0 atom stereocenters. The van der Waals surface area contributed by atoms with Crippen LogP contribution in [0.5, 0.6) is 0 Å². The van der Waals surface area contributed by atoms with E-state index in [4.69, 9.17) is 16.3 Å². The van der Waals surface area contributed by atoms with E-state index in [9.17, 15) is 4.79 Å². The Balaban J connectivity index is 1.92.